The topological polar surface area (TPSA) is 108 Å². The number of carbonyl (C=O) groups excluding carboxylic acids is 2. The van der Waals surface area contributed by atoms with Gasteiger partial charge in [-0.15, -0.1) is 28.1 Å². The maximum absolute atomic E-state index is 12.4. The number of amides is 1. The van der Waals surface area contributed by atoms with Crippen LogP contribution in [0.3, 0.4) is 0 Å². The fourth-order valence-electron chi connectivity index (χ4n) is 3.03. The standard InChI is InChI=1S/C24H29N5O4S2/c1-5-11-29-20(13-33-19-9-7-17(8-10-19)16(3)4)27-28-24(29)35-15-21(30)26-23-25-18(14-34-23)12-22(31)32-6-2/h5,7-10,14,16H,1,6,11-13,15H2,2-4H3,(H,25,26,30). The van der Waals surface area contributed by atoms with E-state index in [2.05, 4.69) is 53.1 Å². The number of thioether (sulfide) groups is 1. The van der Waals surface area contributed by atoms with Gasteiger partial charge in [0.1, 0.15) is 12.4 Å². The zero-order valence-corrected chi connectivity index (χ0v) is 21.7. The van der Waals surface area contributed by atoms with Crippen molar-refractivity contribution in [2.75, 3.05) is 17.7 Å². The van der Waals surface area contributed by atoms with E-state index in [1.54, 1.807) is 18.4 Å². The van der Waals surface area contributed by atoms with Crippen LogP contribution in [-0.2, 0) is 33.9 Å². The monoisotopic (exact) mass is 515 g/mol. The van der Waals surface area contributed by atoms with Gasteiger partial charge >= 0.3 is 5.97 Å². The van der Waals surface area contributed by atoms with Crippen LogP contribution in [0.15, 0.2) is 47.5 Å². The van der Waals surface area contributed by atoms with Gasteiger partial charge in [-0.25, -0.2) is 4.98 Å². The second-order valence-corrected chi connectivity index (χ2v) is 9.57. The van der Waals surface area contributed by atoms with E-state index in [4.69, 9.17) is 9.47 Å². The highest BCUT2D eigenvalue weighted by Crippen LogP contribution is 2.22. The highest BCUT2D eigenvalue weighted by molar-refractivity contribution is 7.99. The number of hydrogen-bond donors (Lipinski definition) is 1. The number of nitrogens with one attached hydrogen (secondary N) is 1. The molecule has 0 fully saturated rings. The molecule has 0 aliphatic rings. The van der Waals surface area contributed by atoms with Crippen LogP contribution in [0.2, 0.25) is 0 Å². The average molecular weight is 516 g/mol. The molecule has 1 N–H and O–H groups in total. The van der Waals surface area contributed by atoms with Crippen molar-refractivity contribution in [3.63, 3.8) is 0 Å². The summed E-state index contributed by atoms with van der Waals surface area (Å²) < 4.78 is 12.7. The number of carbonyl (C=O) groups is 2. The van der Waals surface area contributed by atoms with E-state index in [0.717, 1.165) is 5.75 Å². The van der Waals surface area contributed by atoms with Crippen LogP contribution in [0.4, 0.5) is 5.13 Å². The summed E-state index contributed by atoms with van der Waals surface area (Å²) in [5, 5.41) is 14.0. The first kappa shape index (κ1) is 26.4. The van der Waals surface area contributed by atoms with Gasteiger partial charge < -0.3 is 14.8 Å². The number of hydrogen-bond acceptors (Lipinski definition) is 9. The Labute approximate surface area is 213 Å². The Balaban J connectivity index is 1.54. The Morgan fingerprint density at radius 1 is 1.26 bits per heavy atom. The average Bonchev–Trinajstić information content (AvgIpc) is 3.43. The molecule has 9 nitrogen and oxygen atoms in total. The molecule has 0 aliphatic heterocycles. The number of ether oxygens (including phenoxy) is 2. The highest BCUT2D eigenvalue weighted by atomic mass is 32.2. The molecule has 0 spiro atoms. The van der Waals surface area contributed by atoms with Crippen molar-refractivity contribution in [3.8, 4) is 5.75 Å². The summed E-state index contributed by atoms with van der Waals surface area (Å²) in [6.07, 6.45) is 1.82. The van der Waals surface area contributed by atoms with E-state index in [1.165, 1.54) is 28.7 Å². The molecule has 35 heavy (non-hydrogen) atoms. The van der Waals surface area contributed by atoms with Gasteiger partial charge in [0.2, 0.25) is 5.91 Å². The number of esters is 1. The Bertz CT molecular complexity index is 1140. The molecule has 0 unspecified atom stereocenters. The molecule has 0 bridgehead atoms. The molecule has 0 saturated carbocycles. The summed E-state index contributed by atoms with van der Waals surface area (Å²) in [6, 6.07) is 7.99. The molecule has 0 aliphatic carbocycles. The zero-order chi connectivity index (χ0) is 25.2. The molecular formula is C24H29N5O4S2. The lowest BCUT2D eigenvalue weighted by Crippen LogP contribution is -2.15. The van der Waals surface area contributed by atoms with Crippen LogP contribution in [-0.4, -0.2) is 44.0 Å². The summed E-state index contributed by atoms with van der Waals surface area (Å²) in [7, 11) is 0. The fourth-order valence-corrected chi connectivity index (χ4v) is 4.53. The second-order valence-electron chi connectivity index (χ2n) is 7.77. The minimum atomic E-state index is -0.347. The Morgan fingerprint density at radius 2 is 2.03 bits per heavy atom. The van der Waals surface area contributed by atoms with Crippen LogP contribution in [0.1, 0.15) is 43.8 Å². The highest BCUT2D eigenvalue weighted by Gasteiger charge is 2.15. The van der Waals surface area contributed by atoms with Gasteiger partial charge in [-0.2, -0.15) is 0 Å². The Morgan fingerprint density at radius 3 is 2.71 bits per heavy atom. The van der Waals surface area contributed by atoms with E-state index in [0.29, 0.717) is 40.9 Å². The first-order chi connectivity index (χ1) is 16.9. The number of benzene rings is 1. The van der Waals surface area contributed by atoms with Gasteiger partial charge in [0.05, 0.1) is 24.5 Å². The predicted molar refractivity (Wildman–Crippen MR) is 137 cm³/mol. The molecular weight excluding hydrogens is 486 g/mol. The number of aromatic nitrogens is 4. The van der Waals surface area contributed by atoms with Gasteiger partial charge in [0, 0.05) is 11.9 Å². The van der Waals surface area contributed by atoms with E-state index in [1.807, 2.05) is 16.7 Å². The molecule has 186 valence electrons. The smallest absolute Gasteiger partial charge is 0.311 e. The zero-order valence-electron chi connectivity index (χ0n) is 20.0. The van der Waals surface area contributed by atoms with E-state index in [-0.39, 0.29) is 30.7 Å². The van der Waals surface area contributed by atoms with Gasteiger partial charge in [-0.1, -0.05) is 43.8 Å². The molecule has 0 radical (unpaired) electrons. The van der Waals surface area contributed by atoms with Gasteiger partial charge in [0.15, 0.2) is 16.1 Å². The molecule has 1 amide bonds. The summed E-state index contributed by atoms with van der Waals surface area (Å²) >= 11 is 2.52. The molecule has 1 aromatic carbocycles. The lowest BCUT2D eigenvalue weighted by Gasteiger charge is -2.10. The van der Waals surface area contributed by atoms with Gasteiger partial charge in [-0.05, 0) is 30.5 Å². The molecule has 0 saturated heterocycles. The maximum Gasteiger partial charge on any atom is 0.311 e. The molecule has 0 atom stereocenters. The summed E-state index contributed by atoms with van der Waals surface area (Å²) in [6.45, 7) is 10.9. The minimum absolute atomic E-state index is 0.0757. The minimum Gasteiger partial charge on any atom is -0.486 e. The van der Waals surface area contributed by atoms with Crippen molar-refractivity contribution in [2.45, 2.75) is 51.4 Å². The number of rotatable bonds is 13. The number of allylic oxidation sites excluding steroid dienone is 1. The molecule has 3 rings (SSSR count). The first-order valence-corrected chi connectivity index (χ1v) is 13.0. The predicted octanol–water partition coefficient (Wildman–Crippen LogP) is 4.46. The third-order valence-corrected chi connectivity index (χ3v) is 6.55. The van der Waals surface area contributed by atoms with Crippen molar-refractivity contribution in [1.82, 2.24) is 19.7 Å². The van der Waals surface area contributed by atoms with Crippen molar-refractivity contribution in [1.29, 1.82) is 0 Å². The normalized spacial score (nSPS) is 10.9. The Kier molecular flexibility index (Phi) is 9.86. The van der Waals surface area contributed by atoms with Crippen LogP contribution in [0.25, 0.3) is 0 Å². The molecule has 3 aromatic rings. The molecule has 11 heteroatoms. The first-order valence-electron chi connectivity index (χ1n) is 11.2. The lowest BCUT2D eigenvalue weighted by molar-refractivity contribution is -0.142. The lowest BCUT2D eigenvalue weighted by atomic mass is 10.0. The van der Waals surface area contributed by atoms with Crippen molar-refractivity contribution < 1.29 is 19.1 Å². The largest absolute Gasteiger partial charge is 0.486 e. The summed E-state index contributed by atoms with van der Waals surface area (Å²) in [5.41, 5.74) is 1.81. The second kappa shape index (κ2) is 13.1. The molecule has 2 heterocycles. The summed E-state index contributed by atoms with van der Waals surface area (Å²) in [5.74, 6) is 1.40. The van der Waals surface area contributed by atoms with Crippen LogP contribution < -0.4 is 10.1 Å². The Hall–Kier alpha value is -3.18. The fraction of sp³-hybridized carbons (Fsp3) is 0.375. The van der Waals surface area contributed by atoms with E-state index >= 15 is 0 Å². The number of nitrogens with zero attached hydrogens (tertiary/aromatic N) is 4. The van der Waals surface area contributed by atoms with Crippen molar-refractivity contribution >= 4 is 40.1 Å². The number of anilines is 1. The van der Waals surface area contributed by atoms with E-state index < -0.39 is 0 Å². The quantitative estimate of drug-likeness (QED) is 0.202. The summed E-state index contributed by atoms with van der Waals surface area (Å²) in [4.78, 5) is 28.3. The van der Waals surface area contributed by atoms with Gasteiger partial charge in [-0.3, -0.25) is 14.2 Å². The van der Waals surface area contributed by atoms with Crippen molar-refractivity contribution in [3.05, 3.63) is 59.4 Å². The third-order valence-electron chi connectivity index (χ3n) is 4.78. The van der Waals surface area contributed by atoms with Crippen LogP contribution in [0.5, 0.6) is 5.75 Å². The maximum atomic E-state index is 12.4. The SMILES string of the molecule is C=CCn1c(COc2ccc(C(C)C)cc2)nnc1SCC(=O)Nc1nc(CC(=O)OCC)cs1. The van der Waals surface area contributed by atoms with Crippen LogP contribution >= 0.6 is 23.1 Å². The van der Waals surface area contributed by atoms with E-state index in [9.17, 15) is 9.59 Å². The molecule has 2 aromatic heterocycles. The third kappa shape index (κ3) is 7.93. The number of thiazole rings is 1. The van der Waals surface area contributed by atoms with Crippen molar-refractivity contribution in [2.24, 2.45) is 0 Å². The van der Waals surface area contributed by atoms with Gasteiger partial charge in [0.25, 0.3) is 0 Å². The van der Waals surface area contributed by atoms with Crippen LogP contribution in [0, 0.1) is 0 Å².